The Labute approximate surface area is 184 Å². The molecule has 1 aromatic carbocycles. The van der Waals surface area contributed by atoms with Crippen molar-refractivity contribution >= 4 is 50.7 Å². The van der Waals surface area contributed by atoms with Gasteiger partial charge in [-0.1, -0.05) is 12.1 Å². The van der Waals surface area contributed by atoms with E-state index < -0.39 is 16.0 Å². The third-order valence-electron chi connectivity index (χ3n) is 5.13. The largest absolute Gasteiger partial charge is 0.465 e. The summed E-state index contributed by atoms with van der Waals surface area (Å²) in [4.78, 5) is 27.2. The monoisotopic (exact) mass is 468 g/mol. The first-order chi connectivity index (χ1) is 14.2. The van der Waals surface area contributed by atoms with Crippen LogP contribution >= 0.6 is 23.1 Å². The average Bonchev–Trinajstić information content (AvgIpc) is 3.10. The summed E-state index contributed by atoms with van der Waals surface area (Å²) in [6.45, 7) is 4.47. The van der Waals surface area contributed by atoms with Gasteiger partial charge in [-0.3, -0.25) is 9.52 Å². The molecular formula is C20H24N2O5S3. The maximum atomic E-state index is 13.2. The first kappa shape index (κ1) is 22.6. The number of esters is 1. The summed E-state index contributed by atoms with van der Waals surface area (Å²) in [7, 11) is -2.79. The fourth-order valence-corrected chi connectivity index (χ4v) is 6.81. The van der Waals surface area contributed by atoms with Crippen molar-refractivity contribution in [3.8, 4) is 0 Å². The molecule has 0 unspecified atom stereocenters. The molecule has 2 heterocycles. The van der Waals surface area contributed by atoms with Crippen molar-refractivity contribution in [2.45, 2.75) is 31.0 Å². The highest BCUT2D eigenvalue weighted by molar-refractivity contribution is 7.99. The summed E-state index contributed by atoms with van der Waals surface area (Å²) in [6.07, 6.45) is 2.27. The highest BCUT2D eigenvalue weighted by atomic mass is 32.2. The number of hydrogen-bond donors (Lipinski definition) is 1. The molecule has 1 amide bonds. The number of aryl methyl sites for hydroxylation is 1. The molecule has 0 spiro atoms. The number of thiophene rings is 1. The summed E-state index contributed by atoms with van der Waals surface area (Å²) in [5.41, 5.74) is 2.97. The minimum atomic E-state index is -4.02. The Morgan fingerprint density at radius 1 is 1.30 bits per heavy atom. The predicted octanol–water partition coefficient (Wildman–Crippen LogP) is 3.20. The van der Waals surface area contributed by atoms with E-state index in [1.54, 1.807) is 17.0 Å². The zero-order chi connectivity index (χ0) is 22.1. The van der Waals surface area contributed by atoms with E-state index in [0.717, 1.165) is 22.5 Å². The summed E-state index contributed by atoms with van der Waals surface area (Å²) >= 11 is 2.47. The van der Waals surface area contributed by atoms with Crippen LogP contribution in [0.25, 0.3) is 0 Å². The molecule has 2 aromatic rings. The van der Waals surface area contributed by atoms with Crippen LogP contribution in [-0.4, -0.2) is 50.9 Å². The van der Waals surface area contributed by atoms with E-state index in [0.29, 0.717) is 41.4 Å². The molecule has 30 heavy (non-hydrogen) atoms. The fourth-order valence-electron chi connectivity index (χ4n) is 3.36. The number of carbonyl (C=O) groups excluding carboxylic acids is 2. The first-order valence-electron chi connectivity index (χ1n) is 9.28. The fraction of sp³-hybridized carbons (Fsp3) is 0.400. The topological polar surface area (TPSA) is 92.8 Å². The van der Waals surface area contributed by atoms with Gasteiger partial charge in [0.25, 0.3) is 10.0 Å². The maximum absolute atomic E-state index is 13.2. The summed E-state index contributed by atoms with van der Waals surface area (Å²) < 4.78 is 33.9. The summed E-state index contributed by atoms with van der Waals surface area (Å²) in [6, 6.07) is 5.36. The Kier molecular flexibility index (Phi) is 6.78. The number of anilines is 1. The number of rotatable bonds is 6. The van der Waals surface area contributed by atoms with Crippen LogP contribution in [0.1, 0.15) is 31.9 Å². The number of benzene rings is 1. The van der Waals surface area contributed by atoms with Crippen LogP contribution in [0.5, 0.6) is 0 Å². The Hall–Kier alpha value is -2.04. The first-order valence-corrected chi connectivity index (χ1v) is 13.0. The lowest BCUT2D eigenvalue weighted by Crippen LogP contribution is -2.36. The second-order valence-electron chi connectivity index (χ2n) is 7.01. The molecule has 0 fully saturated rings. The van der Waals surface area contributed by atoms with Crippen molar-refractivity contribution in [3.05, 3.63) is 45.3 Å². The van der Waals surface area contributed by atoms with Crippen molar-refractivity contribution in [1.82, 2.24) is 4.90 Å². The third kappa shape index (κ3) is 4.35. The van der Waals surface area contributed by atoms with Crippen molar-refractivity contribution in [2.75, 3.05) is 30.4 Å². The molecule has 162 valence electrons. The van der Waals surface area contributed by atoms with Gasteiger partial charge >= 0.3 is 5.97 Å². The Morgan fingerprint density at radius 3 is 2.70 bits per heavy atom. The van der Waals surface area contributed by atoms with Crippen molar-refractivity contribution in [1.29, 1.82) is 0 Å². The van der Waals surface area contributed by atoms with E-state index in [-0.39, 0.29) is 15.7 Å². The van der Waals surface area contributed by atoms with Gasteiger partial charge in [-0.25, -0.2) is 13.2 Å². The second kappa shape index (κ2) is 8.99. The Balaban J connectivity index is 2.03. The van der Waals surface area contributed by atoms with Gasteiger partial charge in [0.05, 0.1) is 30.7 Å². The smallest absolute Gasteiger partial charge is 0.340 e. The van der Waals surface area contributed by atoms with E-state index in [2.05, 4.69) is 4.72 Å². The highest BCUT2D eigenvalue weighted by Gasteiger charge is 2.35. The summed E-state index contributed by atoms with van der Waals surface area (Å²) in [5.74, 6) is -0.319. The van der Waals surface area contributed by atoms with E-state index in [4.69, 9.17) is 4.74 Å². The van der Waals surface area contributed by atoms with Crippen LogP contribution in [0, 0.1) is 13.8 Å². The number of nitrogens with zero attached hydrogens (tertiary/aromatic N) is 1. The van der Waals surface area contributed by atoms with Gasteiger partial charge in [0, 0.05) is 11.4 Å². The standard InChI is InChI=1S/C20H24N2O5S3/c1-12-6-5-7-15(13(12)2)21-30(25,26)20-18(19(24)27-3)14-8-9-22(10-16(14)29-20)17(23)11-28-4/h5-7,21H,8-11H2,1-4H3. The Morgan fingerprint density at radius 2 is 2.03 bits per heavy atom. The quantitative estimate of drug-likeness (QED) is 0.655. The van der Waals surface area contributed by atoms with Crippen LogP contribution < -0.4 is 4.72 Å². The number of sulfonamides is 1. The number of amides is 1. The molecule has 1 N–H and O–H groups in total. The molecule has 1 aliphatic heterocycles. The van der Waals surface area contributed by atoms with Crippen LogP contribution in [0.15, 0.2) is 22.4 Å². The zero-order valence-corrected chi connectivity index (χ0v) is 19.7. The van der Waals surface area contributed by atoms with Gasteiger partial charge in [-0.2, -0.15) is 11.8 Å². The van der Waals surface area contributed by atoms with Crippen LogP contribution in [0.3, 0.4) is 0 Å². The van der Waals surface area contributed by atoms with E-state index in [1.165, 1.54) is 18.9 Å². The van der Waals surface area contributed by atoms with E-state index in [1.807, 2.05) is 26.2 Å². The molecule has 0 saturated carbocycles. The number of fused-ring (bicyclic) bond motifs is 1. The molecule has 3 rings (SSSR count). The van der Waals surface area contributed by atoms with Crippen LogP contribution in [0.4, 0.5) is 5.69 Å². The lowest BCUT2D eigenvalue weighted by Gasteiger charge is -2.27. The van der Waals surface area contributed by atoms with Crippen LogP contribution in [-0.2, 0) is 32.5 Å². The predicted molar refractivity (Wildman–Crippen MR) is 120 cm³/mol. The highest BCUT2D eigenvalue weighted by Crippen LogP contribution is 2.38. The molecule has 0 atom stereocenters. The SMILES string of the molecule is COC(=O)c1c(S(=O)(=O)Nc2cccc(C)c2C)sc2c1CCN(C(=O)CSC)C2. The molecule has 7 nitrogen and oxygen atoms in total. The molecule has 1 aliphatic rings. The maximum Gasteiger partial charge on any atom is 0.340 e. The number of thioether (sulfide) groups is 1. The number of nitrogens with one attached hydrogen (secondary N) is 1. The zero-order valence-electron chi connectivity index (χ0n) is 17.3. The number of ether oxygens (including phenoxy) is 1. The second-order valence-corrected chi connectivity index (χ2v) is 10.9. The van der Waals surface area contributed by atoms with Gasteiger partial charge in [0.1, 0.15) is 0 Å². The molecule has 0 aliphatic carbocycles. The minimum absolute atomic E-state index is 0.000847. The van der Waals surface area contributed by atoms with Gasteiger partial charge in [-0.15, -0.1) is 11.3 Å². The van der Waals surface area contributed by atoms with Gasteiger partial charge in [0.15, 0.2) is 4.21 Å². The molecule has 0 saturated heterocycles. The molecular weight excluding hydrogens is 444 g/mol. The van der Waals surface area contributed by atoms with Crippen LogP contribution in [0.2, 0.25) is 0 Å². The van der Waals surface area contributed by atoms with Gasteiger partial charge in [0.2, 0.25) is 5.91 Å². The lowest BCUT2D eigenvalue weighted by atomic mass is 10.0. The Bertz CT molecular complexity index is 1090. The van der Waals surface area contributed by atoms with Crippen molar-refractivity contribution < 1.29 is 22.7 Å². The molecule has 0 radical (unpaired) electrons. The molecule has 10 heteroatoms. The summed E-state index contributed by atoms with van der Waals surface area (Å²) in [5, 5.41) is 0. The van der Waals surface area contributed by atoms with E-state index in [9.17, 15) is 18.0 Å². The lowest BCUT2D eigenvalue weighted by molar-refractivity contribution is -0.129. The number of hydrogen-bond acceptors (Lipinski definition) is 7. The molecule has 1 aromatic heterocycles. The third-order valence-corrected chi connectivity index (χ3v) is 8.76. The van der Waals surface area contributed by atoms with Gasteiger partial charge < -0.3 is 9.64 Å². The number of methoxy groups -OCH3 is 1. The molecule has 0 bridgehead atoms. The van der Waals surface area contributed by atoms with E-state index >= 15 is 0 Å². The normalized spacial score (nSPS) is 13.7. The number of carbonyl (C=O) groups is 2. The van der Waals surface area contributed by atoms with Crippen molar-refractivity contribution in [3.63, 3.8) is 0 Å². The average molecular weight is 469 g/mol. The van der Waals surface area contributed by atoms with Gasteiger partial charge in [-0.05, 0) is 49.3 Å². The van der Waals surface area contributed by atoms with Crippen molar-refractivity contribution in [2.24, 2.45) is 0 Å². The minimum Gasteiger partial charge on any atom is -0.465 e.